The molecular weight excluding hydrogens is 352 g/mol. The minimum atomic E-state index is -0.0866. The fraction of sp³-hybridized carbons (Fsp3) is 0.125. The Morgan fingerprint density at radius 1 is 0.714 bits per heavy atom. The Hall–Kier alpha value is -3.53. The molecule has 0 aliphatic heterocycles. The molecule has 0 N–H and O–H groups in total. The van der Waals surface area contributed by atoms with Gasteiger partial charge in [-0.05, 0) is 35.4 Å². The molecule has 3 rings (SSSR count). The Kier molecular flexibility index (Phi) is 6.12. The van der Waals surface area contributed by atoms with Gasteiger partial charge in [0.2, 0.25) is 5.75 Å². The highest BCUT2D eigenvalue weighted by Crippen LogP contribution is 2.40. The van der Waals surface area contributed by atoms with Crippen molar-refractivity contribution >= 4 is 11.9 Å². The van der Waals surface area contributed by atoms with Crippen LogP contribution in [-0.2, 0) is 0 Å². The van der Waals surface area contributed by atoms with Gasteiger partial charge in [0.1, 0.15) is 0 Å². The molecule has 142 valence electrons. The second kappa shape index (κ2) is 8.91. The molecule has 0 aliphatic rings. The van der Waals surface area contributed by atoms with E-state index in [9.17, 15) is 4.79 Å². The van der Waals surface area contributed by atoms with E-state index in [2.05, 4.69) is 0 Å². The Labute approximate surface area is 165 Å². The maximum Gasteiger partial charge on any atom is 0.203 e. The largest absolute Gasteiger partial charge is 0.493 e. The third-order valence-corrected chi connectivity index (χ3v) is 4.43. The average molecular weight is 374 g/mol. The molecule has 0 saturated carbocycles. The first-order valence-electron chi connectivity index (χ1n) is 8.84. The minimum Gasteiger partial charge on any atom is -0.493 e. The highest BCUT2D eigenvalue weighted by atomic mass is 16.5. The molecule has 0 aromatic heterocycles. The zero-order chi connectivity index (χ0) is 19.9. The van der Waals surface area contributed by atoms with Gasteiger partial charge in [0.05, 0.1) is 21.3 Å². The quantitative estimate of drug-likeness (QED) is 0.417. The number of carbonyl (C=O) groups is 1. The molecule has 4 heteroatoms. The fourth-order valence-electron chi connectivity index (χ4n) is 2.97. The second-order valence-corrected chi connectivity index (χ2v) is 6.06. The Morgan fingerprint density at radius 2 is 1.36 bits per heavy atom. The Bertz CT molecular complexity index is 973. The lowest BCUT2D eigenvalue weighted by molar-refractivity contribution is 0.104. The maximum atomic E-state index is 12.6. The number of benzene rings is 3. The first-order chi connectivity index (χ1) is 13.7. The summed E-state index contributed by atoms with van der Waals surface area (Å²) in [7, 11) is 4.67. The number of ether oxygens (including phenoxy) is 3. The molecule has 28 heavy (non-hydrogen) atoms. The number of allylic oxidation sites excluding steroid dienone is 1. The van der Waals surface area contributed by atoms with Gasteiger partial charge in [-0.15, -0.1) is 0 Å². The van der Waals surface area contributed by atoms with Crippen LogP contribution in [0.3, 0.4) is 0 Å². The van der Waals surface area contributed by atoms with Gasteiger partial charge < -0.3 is 14.2 Å². The summed E-state index contributed by atoms with van der Waals surface area (Å²) in [6.07, 6.45) is 3.25. The van der Waals surface area contributed by atoms with E-state index in [-0.39, 0.29) is 5.78 Å². The molecule has 0 aliphatic carbocycles. The molecule has 0 amide bonds. The third kappa shape index (κ3) is 4.07. The first kappa shape index (κ1) is 19.2. The zero-order valence-corrected chi connectivity index (χ0v) is 16.1. The molecule has 0 saturated heterocycles. The zero-order valence-electron chi connectivity index (χ0n) is 16.1. The van der Waals surface area contributed by atoms with E-state index >= 15 is 0 Å². The molecule has 0 spiro atoms. The summed E-state index contributed by atoms with van der Waals surface area (Å²) in [5.74, 6) is 1.49. The van der Waals surface area contributed by atoms with Crippen LogP contribution in [0.2, 0.25) is 0 Å². The van der Waals surface area contributed by atoms with Crippen molar-refractivity contribution in [2.75, 3.05) is 21.3 Å². The van der Waals surface area contributed by atoms with Crippen molar-refractivity contribution in [2.45, 2.75) is 0 Å². The highest BCUT2D eigenvalue weighted by molar-refractivity contribution is 6.07. The topological polar surface area (TPSA) is 44.8 Å². The van der Waals surface area contributed by atoms with E-state index in [1.54, 1.807) is 33.5 Å². The van der Waals surface area contributed by atoms with E-state index in [0.717, 1.165) is 16.7 Å². The molecule has 3 aromatic rings. The molecule has 0 fully saturated rings. The molecule has 0 bridgehead atoms. The monoisotopic (exact) mass is 374 g/mol. The van der Waals surface area contributed by atoms with Crippen LogP contribution in [0.1, 0.15) is 15.9 Å². The van der Waals surface area contributed by atoms with E-state index in [4.69, 9.17) is 14.2 Å². The highest BCUT2D eigenvalue weighted by Gasteiger charge is 2.14. The van der Waals surface area contributed by atoms with Crippen LogP contribution < -0.4 is 14.2 Å². The fourth-order valence-corrected chi connectivity index (χ4v) is 2.97. The average Bonchev–Trinajstić information content (AvgIpc) is 2.77. The van der Waals surface area contributed by atoms with Gasteiger partial charge in [-0.2, -0.15) is 0 Å². The van der Waals surface area contributed by atoms with E-state index in [0.29, 0.717) is 22.8 Å². The normalized spacial score (nSPS) is 10.7. The molecule has 3 aromatic carbocycles. The third-order valence-electron chi connectivity index (χ3n) is 4.43. The predicted molar refractivity (Wildman–Crippen MR) is 111 cm³/mol. The van der Waals surface area contributed by atoms with E-state index in [1.807, 2.05) is 60.7 Å². The number of rotatable bonds is 7. The standard InChI is InChI=1S/C24H22O4/c1-26-22-16-14-20(23(27-2)24(22)28-3)13-15-21(25)19-11-9-18(10-12-19)17-7-5-4-6-8-17/h4-16H,1-3H3. The van der Waals surface area contributed by atoms with Crippen molar-refractivity contribution in [3.8, 4) is 28.4 Å². The van der Waals surface area contributed by atoms with Gasteiger partial charge >= 0.3 is 0 Å². The van der Waals surface area contributed by atoms with Gasteiger partial charge in [-0.1, -0.05) is 54.6 Å². The van der Waals surface area contributed by atoms with Crippen LogP contribution in [0.25, 0.3) is 17.2 Å². The number of hydrogen-bond acceptors (Lipinski definition) is 4. The van der Waals surface area contributed by atoms with E-state index < -0.39 is 0 Å². The molecule has 0 radical (unpaired) electrons. The lowest BCUT2D eigenvalue weighted by Crippen LogP contribution is -1.97. The summed E-state index contributed by atoms with van der Waals surface area (Å²) in [6.45, 7) is 0. The summed E-state index contributed by atoms with van der Waals surface area (Å²) in [5, 5.41) is 0. The second-order valence-electron chi connectivity index (χ2n) is 6.06. The van der Waals surface area contributed by atoms with Gasteiger partial charge in [-0.3, -0.25) is 4.79 Å². The van der Waals surface area contributed by atoms with Crippen molar-refractivity contribution in [1.29, 1.82) is 0 Å². The molecule has 0 heterocycles. The van der Waals surface area contributed by atoms with Crippen LogP contribution in [0.15, 0.2) is 72.8 Å². The van der Waals surface area contributed by atoms with Crippen LogP contribution in [0.4, 0.5) is 0 Å². The molecule has 0 unspecified atom stereocenters. The van der Waals surface area contributed by atoms with Gasteiger partial charge in [0.15, 0.2) is 17.3 Å². The Morgan fingerprint density at radius 3 is 1.96 bits per heavy atom. The van der Waals surface area contributed by atoms with Gasteiger partial charge in [0.25, 0.3) is 0 Å². The SMILES string of the molecule is COc1ccc(C=CC(=O)c2ccc(-c3ccccc3)cc2)c(OC)c1OC. The smallest absolute Gasteiger partial charge is 0.203 e. The van der Waals surface area contributed by atoms with Gasteiger partial charge in [0, 0.05) is 11.1 Å². The van der Waals surface area contributed by atoms with Gasteiger partial charge in [-0.25, -0.2) is 0 Å². The molecule has 0 atom stereocenters. The summed E-state index contributed by atoms with van der Waals surface area (Å²) < 4.78 is 16.1. The van der Waals surface area contributed by atoms with Crippen LogP contribution in [0.5, 0.6) is 17.2 Å². The predicted octanol–water partition coefficient (Wildman–Crippen LogP) is 5.28. The summed E-state index contributed by atoms with van der Waals surface area (Å²) in [5.41, 5.74) is 3.54. The number of carbonyl (C=O) groups excluding carboxylic acids is 1. The van der Waals surface area contributed by atoms with Crippen molar-refractivity contribution in [1.82, 2.24) is 0 Å². The minimum absolute atomic E-state index is 0.0866. The number of ketones is 1. The Balaban J connectivity index is 1.82. The summed E-state index contributed by atoms with van der Waals surface area (Å²) >= 11 is 0. The molecule has 4 nitrogen and oxygen atoms in total. The number of hydrogen-bond donors (Lipinski definition) is 0. The van der Waals surface area contributed by atoms with Crippen molar-refractivity contribution in [3.63, 3.8) is 0 Å². The van der Waals surface area contributed by atoms with Crippen LogP contribution in [-0.4, -0.2) is 27.1 Å². The summed E-state index contributed by atoms with van der Waals surface area (Å²) in [6, 6.07) is 21.2. The van der Waals surface area contributed by atoms with Crippen molar-refractivity contribution in [2.24, 2.45) is 0 Å². The van der Waals surface area contributed by atoms with Crippen molar-refractivity contribution < 1.29 is 19.0 Å². The van der Waals surface area contributed by atoms with Crippen molar-refractivity contribution in [3.05, 3.63) is 83.9 Å². The lowest BCUT2D eigenvalue weighted by atomic mass is 10.0. The number of methoxy groups -OCH3 is 3. The molecular formula is C24H22O4. The summed E-state index contributed by atoms with van der Waals surface area (Å²) in [4.78, 5) is 12.6. The van der Waals surface area contributed by atoms with Crippen LogP contribution in [0, 0.1) is 0 Å². The van der Waals surface area contributed by atoms with E-state index in [1.165, 1.54) is 6.08 Å². The maximum absolute atomic E-state index is 12.6. The van der Waals surface area contributed by atoms with Crippen LogP contribution >= 0.6 is 0 Å². The lowest BCUT2D eigenvalue weighted by Gasteiger charge is -2.13. The first-order valence-corrected chi connectivity index (χ1v) is 8.84.